The molecule has 0 saturated carbocycles. The van der Waals surface area contributed by atoms with Gasteiger partial charge in [0.15, 0.2) is 5.78 Å². The van der Waals surface area contributed by atoms with Crippen LogP contribution < -0.4 is 0 Å². The molecule has 0 bridgehead atoms. The smallest absolute Gasteiger partial charge is 0.342 e. The van der Waals surface area contributed by atoms with Crippen molar-refractivity contribution in [1.82, 2.24) is 0 Å². The Hall–Kier alpha value is -2.24. The van der Waals surface area contributed by atoms with Gasteiger partial charge in [0.05, 0.1) is 4.92 Å². The van der Waals surface area contributed by atoms with Crippen LogP contribution in [0.15, 0.2) is 18.2 Å². The minimum atomic E-state index is -1.38. The van der Waals surface area contributed by atoms with E-state index < -0.39 is 22.1 Å². The molecule has 0 unspecified atom stereocenters. The van der Waals surface area contributed by atoms with Crippen LogP contribution in [0.25, 0.3) is 0 Å². The number of nitro benzene ring substituents is 1. The molecule has 0 spiro atoms. The molecule has 0 aliphatic carbocycles. The van der Waals surface area contributed by atoms with E-state index in [1.54, 1.807) is 0 Å². The zero-order valence-corrected chi connectivity index (χ0v) is 9.88. The minimum Gasteiger partial charge on any atom is -0.477 e. The van der Waals surface area contributed by atoms with Gasteiger partial charge in [-0.3, -0.25) is 14.9 Å². The molecule has 1 N–H and O–H groups in total. The lowest BCUT2D eigenvalue weighted by Gasteiger charge is -2.02. The molecule has 1 rings (SSSR count). The van der Waals surface area contributed by atoms with Crippen LogP contribution in [0.3, 0.4) is 0 Å². The Morgan fingerprint density at radius 2 is 2.06 bits per heavy atom. The van der Waals surface area contributed by atoms with E-state index in [0.29, 0.717) is 12.8 Å². The molecule has 18 heavy (non-hydrogen) atoms. The summed E-state index contributed by atoms with van der Waals surface area (Å²) in [5.41, 5.74) is -0.781. The summed E-state index contributed by atoms with van der Waals surface area (Å²) in [6, 6.07) is 3.44. The number of nitro groups is 1. The molecule has 0 atom stereocenters. The second kappa shape index (κ2) is 5.90. The summed E-state index contributed by atoms with van der Waals surface area (Å²) in [4.78, 5) is 32.4. The van der Waals surface area contributed by atoms with Crippen molar-refractivity contribution in [2.75, 3.05) is 0 Å². The SMILES string of the molecule is CCCCC(=O)c1ccc(C(=O)O)c([N+](=O)[O-])c1. The summed E-state index contributed by atoms with van der Waals surface area (Å²) in [7, 11) is 0. The highest BCUT2D eigenvalue weighted by atomic mass is 16.6. The zero-order valence-electron chi connectivity index (χ0n) is 9.88. The number of carboxylic acid groups (broad SMARTS) is 1. The predicted octanol–water partition coefficient (Wildman–Crippen LogP) is 2.67. The van der Waals surface area contributed by atoms with Gasteiger partial charge in [-0.05, 0) is 12.5 Å². The fraction of sp³-hybridized carbons (Fsp3) is 0.333. The first-order valence-electron chi connectivity index (χ1n) is 5.52. The van der Waals surface area contributed by atoms with Crippen molar-refractivity contribution < 1.29 is 19.6 Å². The van der Waals surface area contributed by atoms with Gasteiger partial charge in [-0.1, -0.05) is 19.4 Å². The number of hydrogen-bond donors (Lipinski definition) is 1. The monoisotopic (exact) mass is 251 g/mol. The van der Waals surface area contributed by atoms with E-state index in [2.05, 4.69) is 0 Å². The van der Waals surface area contributed by atoms with Gasteiger partial charge >= 0.3 is 5.97 Å². The number of carboxylic acids is 1. The van der Waals surface area contributed by atoms with Gasteiger partial charge in [0, 0.05) is 18.1 Å². The zero-order chi connectivity index (χ0) is 13.7. The molecule has 0 radical (unpaired) electrons. The summed E-state index contributed by atoms with van der Waals surface area (Å²) in [6.07, 6.45) is 1.86. The van der Waals surface area contributed by atoms with Crippen LogP contribution in [0.2, 0.25) is 0 Å². The molecule has 1 aromatic rings. The lowest BCUT2D eigenvalue weighted by atomic mass is 10.0. The third-order valence-electron chi connectivity index (χ3n) is 2.50. The molecule has 0 aromatic heterocycles. The number of nitrogens with zero attached hydrogens (tertiary/aromatic N) is 1. The second-order valence-electron chi connectivity index (χ2n) is 3.82. The summed E-state index contributed by atoms with van der Waals surface area (Å²) < 4.78 is 0. The number of benzene rings is 1. The number of carbonyl (C=O) groups excluding carboxylic acids is 1. The molecule has 6 nitrogen and oxygen atoms in total. The second-order valence-corrected chi connectivity index (χ2v) is 3.82. The standard InChI is InChI=1S/C12H13NO5/c1-2-3-4-11(14)8-5-6-9(12(15)16)10(7-8)13(17)18/h5-7H,2-4H2,1H3,(H,15,16). The maximum Gasteiger partial charge on any atom is 0.342 e. The van der Waals surface area contributed by atoms with E-state index in [1.807, 2.05) is 6.92 Å². The van der Waals surface area contributed by atoms with Crippen molar-refractivity contribution in [3.63, 3.8) is 0 Å². The third-order valence-corrected chi connectivity index (χ3v) is 2.50. The first-order chi connectivity index (χ1) is 8.47. The van der Waals surface area contributed by atoms with Crippen molar-refractivity contribution in [1.29, 1.82) is 0 Å². The van der Waals surface area contributed by atoms with Gasteiger partial charge < -0.3 is 5.11 Å². The highest BCUT2D eigenvalue weighted by Gasteiger charge is 2.21. The summed E-state index contributed by atoms with van der Waals surface area (Å²) in [5, 5.41) is 19.5. The van der Waals surface area contributed by atoms with E-state index in [-0.39, 0.29) is 11.3 Å². The Kier molecular flexibility index (Phi) is 4.53. The Balaban J connectivity index is 3.11. The highest BCUT2D eigenvalue weighted by molar-refractivity contribution is 5.99. The van der Waals surface area contributed by atoms with Gasteiger partial charge in [-0.25, -0.2) is 4.79 Å². The van der Waals surface area contributed by atoms with Crippen LogP contribution in [-0.2, 0) is 0 Å². The molecule has 0 amide bonds. The van der Waals surface area contributed by atoms with Gasteiger partial charge in [0.1, 0.15) is 5.56 Å². The highest BCUT2D eigenvalue weighted by Crippen LogP contribution is 2.21. The molecule has 6 heteroatoms. The van der Waals surface area contributed by atoms with Gasteiger partial charge in [0.2, 0.25) is 0 Å². The van der Waals surface area contributed by atoms with Gasteiger partial charge in [-0.15, -0.1) is 0 Å². The van der Waals surface area contributed by atoms with Crippen LogP contribution in [0.5, 0.6) is 0 Å². The molecular formula is C12H13NO5. The Morgan fingerprint density at radius 1 is 1.39 bits per heavy atom. The van der Waals surface area contributed by atoms with Crippen LogP contribution in [0.1, 0.15) is 46.9 Å². The fourth-order valence-electron chi connectivity index (χ4n) is 1.52. The van der Waals surface area contributed by atoms with Crippen molar-refractivity contribution >= 4 is 17.4 Å². The number of Topliss-reactive ketones (excluding diaryl/α,β-unsaturated/α-hetero) is 1. The van der Waals surface area contributed by atoms with Crippen LogP contribution >= 0.6 is 0 Å². The summed E-state index contributed by atoms with van der Waals surface area (Å²) >= 11 is 0. The van der Waals surface area contributed by atoms with Gasteiger partial charge in [0.25, 0.3) is 5.69 Å². The number of carbonyl (C=O) groups is 2. The Labute approximate surface area is 103 Å². The Morgan fingerprint density at radius 3 is 2.56 bits per heavy atom. The van der Waals surface area contributed by atoms with Crippen molar-refractivity contribution in [2.45, 2.75) is 26.2 Å². The fourth-order valence-corrected chi connectivity index (χ4v) is 1.52. The average molecular weight is 251 g/mol. The first kappa shape index (κ1) is 13.8. The molecule has 1 aromatic carbocycles. The molecule has 0 saturated heterocycles. The lowest BCUT2D eigenvalue weighted by Crippen LogP contribution is -2.06. The van der Waals surface area contributed by atoms with E-state index in [1.165, 1.54) is 6.07 Å². The van der Waals surface area contributed by atoms with E-state index in [4.69, 9.17) is 5.11 Å². The first-order valence-corrected chi connectivity index (χ1v) is 5.52. The maximum atomic E-state index is 11.7. The molecule has 96 valence electrons. The minimum absolute atomic E-state index is 0.181. The number of aromatic carboxylic acids is 1. The van der Waals surface area contributed by atoms with Crippen molar-refractivity contribution in [2.24, 2.45) is 0 Å². The maximum absolute atomic E-state index is 11.7. The van der Waals surface area contributed by atoms with Crippen LogP contribution in [0, 0.1) is 10.1 Å². The lowest BCUT2D eigenvalue weighted by molar-refractivity contribution is -0.385. The molecule has 0 aliphatic rings. The topological polar surface area (TPSA) is 97.5 Å². The normalized spacial score (nSPS) is 10.1. The molecule has 0 heterocycles. The largest absolute Gasteiger partial charge is 0.477 e. The number of unbranched alkanes of at least 4 members (excludes halogenated alkanes) is 1. The summed E-state index contributed by atoms with van der Waals surface area (Å²) in [6.45, 7) is 1.93. The summed E-state index contributed by atoms with van der Waals surface area (Å²) in [5.74, 6) is -1.59. The van der Waals surface area contributed by atoms with E-state index in [9.17, 15) is 19.7 Å². The third kappa shape index (κ3) is 3.13. The quantitative estimate of drug-likeness (QED) is 0.476. The van der Waals surface area contributed by atoms with Crippen LogP contribution in [0.4, 0.5) is 5.69 Å². The number of rotatable bonds is 6. The van der Waals surface area contributed by atoms with Crippen molar-refractivity contribution in [3.05, 3.63) is 39.4 Å². The Bertz CT molecular complexity index is 495. The van der Waals surface area contributed by atoms with E-state index >= 15 is 0 Å². The molecular weight excluding hydrogens is 238 g/mol. The molecule has 0 aliphatic heterocycles. The average Bonchev–Trinajstić information content (AvgIpc) is 2.34. The molecule has 0 fully saturated rings. The predicted molar refractivity (Wildman–Crippen MR) is 63.9 cm³/mol. The van der Waals surface area contributed by atoms with Gasteiger partial charge in [-0.2, -0.15) is 0 Å². The van der Waals surface area contributed by atoms with Crippen molar-refractivity contribution in [3.8, 4) is 0 Å². The van der Waals surface area contributed by atoms with E-state index in [0.717, 1.165) is 18.6 Å². The van der Waals surface area contributed by atoms with Crippen LogP contribution in [-0.4, -0.2) is 21.8 Å². The number of hydrogen-bond acceptors (Lipinski definition) is 4. The number of ketones is 1.